The van der Waals surface area contributed by atoms with Crippen LogP contribution in [0.5, 0.6) is 11.5 Å². The van der Waals surface area contributed by atoms with Crippen LogP contribution in [0.3, 0.4) is 0 Å². The number of carbonyl (C=O) groups is 1. The second-order valence-electron chi connectivity index (χ2n) is 5.44. The molecule has 0 spiro atoms. The van der Waals surface area contributed by atoms with Gasteiger partial charge in [0.2, 0.25) is 0 Å². The van der Waals surface area contributed by atoms with Crippen molar-refractivity contribution >= 4 is 11.6 Å². The lowest BCUT2D eigenvalue weighted by atomic mass is 10.2. The van der Waals surface area contributed by atoms with Crippen molar-refractivity contribution in [2.45, 2.75) is 26.4 Å². The first-order valence-electron chi connectivity index (χ1n) is 8.00. The summed E-state index contributed by atoms with van der Waals surface area (Å²) in [5, 5.41) is 2.87. The molecular formula is C20H23NO3. The van der Waals surface area contributed by atoms with Crippen LogP contribution in [0, 0.1) is 6.92 Å². The predicted molar refractivity (Wildman–Crippen MR) is 96.6 cm³/mol. The summed E-state index contributed by atoms with van der Waals surface area (Å²) in [7, 11) is 0. The highest BCUT2D eigenvalue weighted by atomic mass is 16.5. The molecule has 24 heavy (non-hydrogen) atoms. The van der Waals surface area contributed by atoms with Crippen LogP contribution < -0.4 is 14.8 Å². The van der Waals surface area contributed by atoms with Crippen molar-refractivity contribution in [2.75, 3.05) is 11.9 Å². The Morgan fingerprint density at radius 3 is 2.33 bits per heavy atom. The van der Waals surface area contributed by atoms with Crippen molar-refractivity contribution < 1.29 is 14.3 Å². The molecule has 0 radical (unpaired) electrons. The molecule has 0 unspecified atom stereocenters. The number of nitrogens with one attached hydrogen (secondary N) is 1. The number of amides is 1. The van der Waals surface area contributed by atoms with E-state index < -0.39 is 6.10 Å². The van der Waals surface area contributed by atoms with Crippen LogP contribution in [-0.2, 0) is 4.79 Å². The van der Waals surface area contributed by atoms with Crippen molar-refractivity contribution in [3.8, 4) is 11.5 Å². The lowest BCUT2D eigenvalue weighted by Crippen LogP contribution is -2.32. The van der Waals surface area contributed by atoms with E-state index in [0.717, 1.165) is 11.3 Å². The van der Waals surface area contributed by atoms with Gasteiger partial charge in [-0.2, -0.15) is 0 Å². The first-order valence-corrected chi connectivity index (χ1v) is 8.00. The maximum Gasteiger partial charge on any atom is 0.265 e. The predicted octanol–water partition coefficient (Wildman–Crippen LogP) is 4.36. The second-order valence-corrected chi connectivity index (χ2v) is 5.44. The molecule has 0 bridgehead atoms. The number of rotatable bonds is 8. The summed E-state index contributed by atoms with van der Waals surface area (Å²) in [6.07, 6.45) is 1.73. The number of ether oxygens (including phenoxy) is 2. The van der Waals surface area contributed by atoms with Crippen LogP contribution in [0.4, 0.5) is 5.69 Å². The van der Waals surface area contributed by atoms with Gasteiger partial charge < -0.3 is 14.8 Å². The van der Waals surface area contributed by atoms with Gasteiger partial charge in [0.25, 0.3) is 5.91 Å². The van der Waals surface area contributed by atoms with Crippen LogP contribution in [0.15, 0.2) is 61.2 Å². The van der Waals surface area contributed by atoms with Gasteiger partial charge in [-0.3, -0.25) is 4.79 Å². The van der Waals surface area contributed by atoms with Crippen LogP contribution in [0.1, 0.15) is 18.9 Å². The van der Waals surface area contributed by atoms with Gasteiger partial charge in [-0.25, -0.2) is 0 Å². The Bertz CT molecular complexity index is 662. The Morgan fingerprint density at radius 2 is 1.75 bits per heavy atom. The third kappa shape index (κ3) is 5.16. The summed E-state index contributed by atoms with van der Waals surface area (Å²) >= 11 is 0. The molecule has 4 nitrogen and oxygen atoms in total. The molecule has 1 N–H and O–H groups in total. The van der Waals surface area contributed by atoms with Gasteiger partial charge in [0.05, 0.1) is 0 Å². The van der Waals surface area contributed by atoms with Crippen molar-refractivity contribution in [1.82, 2.24) is 0 Å². The van der Waals surface area contributed by atoms with Gasteiger partial charge in [-0.15, -0.1) is 0 Å². The van der Waals surface area contributed by atoms with E-state index in [1.54, 1.807) is 30.3 Å². The van der Waals surface area contributed by atoms with Gasteiger partial charge in [0.15, 0.2) is 6.10 Å². The standard InChI is InChI=1S/C20H23NO3/c1-4-14-23-17-12-8-16(9-13-17)21-20(22)19(5-2)24-18-10-6-15(3)7-11-18/h4,6-13,19H,1,5,14H2,2-3H3,(H,21,22)/t19-/m0/s1. The fraction of sp³-hybridized carbons (Fsp3) is 0.250. The van der Waals surface area contributed by atoms with Crippen molar-refractivity contribution in [3.63, 3.8) is 0 Å². The van der Waals surface area contributed by atoms with Gasteiger partial charge in [0, 0.05) is 5.69 Å². The van der Waals surface area contributed by atoms with Gasteiger partial charge in [-0.05, 0) is 49.7 Å². The summed E-state index contributed by atoms with van der Waals surface area (Å²) in [5.74, 6) is 1.25. The summed E-state index contributed by atoms with van der Waals surface area (Å²) < 4.78 is 11.2. The Kier molecular flexibility index (Phi) is 6.43. The quantitative estimate of drug-likeness (QED) is 0.734. The van der Waals surface area contributed by atoms with Gasteiger partial charge in [-0.1, -0.05) is 37.3 Å². The topological polar surface area (TPSA) is 47.6 Å². The second kappa shape index (κ2) is 8.77. The SMILES string of the molecule is C=CCOc1ccc(NC(=O)[C@H](CC)Oc2ccc(C)cc2)cc1. The Morgan fingerprint density at radius 1 is 1.12 bits per heavy atom. The van der Waals surface area contributed by atoms with Gasteiger partial charge >= 0.3 is 0 Å². The lowest BCUT2D eigenvalue weighted by molar-refractivity contribution is -0.122. The average molecular weight is 325 g/mol. The van der Waals surface area contributed by atoms with E-state index in [1.807, 2.05) is 38.1 Å². The maximum atomic E-state index is 12.4. The fourth-order valence-corrected chi connectivity index (χ4v) is 2.12. The number of anilines is 1. The highest BCUT2D eigenvalue weighted by Crippen LogP contribution is 2.18. The van der Waals surface area contributed by atoms with E-state index in [4.69, 9.17) is 9.47 Å². The monoisotopic (exact) mass is 325 g/mol. The molecular weight excluding hydrogens is 302 g/mol. The molecule has 0 aliphatic heterocycles. The first kappa shape index (κ1) is 17.6. The zero-order chi connectivity index (χ0) is 17.4. The van der Waals surface area contributed by atoms with Crippen LogP contribution in [0.2, 0.25) is 0 Å². The summed E-state index contributed by atoms with van der Waals surface area (Å²) in [5.41, 5.74) is 1.86. The largest absolute Gasteiger partial charge is 0.490 e. The lowest BCUT2D eigenvalue weighted by Gasteiger charge is -2.17. The molecule has 2 rings (SSSR count). The molecule has 0 saturated carbocycles. The molecule has 1 atom stereocenters. The van der Waals surface area contributed by atoms with Crippen molar-refractivity contribution in [3.05, 3.63) is 66.7 Å². The minimum atomic E-state index is -0.538. The molecule has 0 heterocycles. The van der Waals surface area contributed by atoms with E-state index >= 15 is 0 Å². The fourth-order valence-electron chi connectivity index (χ4n) is 2.12. The van der Waals surface area contributed by atoms with E-state index in [0.29, 0.717) is 24.5 Å². The molecule has 0 saturated heterocycles. The summed E-state index contributed by atoms with van der Waals surface area (Å²) in [6, 6.07) is 14.9. The number of benzene rings is 2. The van der Waals surface area contributed by atoms with Crippen molar-refractivity contribution in [1.29, 1.82) is 0 Å². The molecule has 0 aromatic heterocycles. The van der Waals surface area contributed by atoms with E-state index in [1.165, 1.54) is 0 Å². The number of hydrogen-bond acceptors (Lipinski definition) is 3. The summed E-state index contributed by atoms with van der Waals surface area (Å²) in [6.45, 7) is 7.99. The van der Waals surface area contributed by atoms with E-state index in [9.17, 15) is 4.79 Å². The third-order valence-corrected chi connectivity index (χ3v) is 3.45. The maximum absolute atomic E-state index is 12.4. The molecule has 2 aromatic carbocycles. The smallest absolute Gasteiger partial charge is 0.265 e. The zero-order valence-electron chi connectivity index (χ0n) is 14.1. The normalized spacial score (nSPS) is 11.4. The molecule has 0 fully saturated rings. The minimum absolute atomic E-state index is 0.169. The zero-order valence-corrected chi connectivity index (χ0v) is 14.1. The van der Waals surface area contributed by atoms with Crippen molar-refractivity contribution in [2.24, 2.45) is 0 Å². The molecule has 2 aromatic rings. The van der Waals surface area contributed by atoms with Gasteiger partial charge in [0.1, 0.15) is 18.1 Å². The van der Waals surface area contributed by atoms with Crippen LogP contribution >= 0.6 is 0 Å². The molecule has 0 aliphatic rings. The number of hydrogen-bond donors (Lipinski definition) is 1. The molecule has 0 aliphatic carbocycles. The Balaban J connectivity index is 1.95. The Hall–Kier alpha value is -2.75. The number of aryl methyl sites for hydroxylation is 1. The third-order valence-electron chi connectivity index (χ3n) is 3.45. The Labute approximate surface area is 143 Å². The molecule has 126 valence electrons. The number of carbonyl (C=O) groups excluding carboxylic acids is 1. The van der Waals surface area contributed by atoms with E-state index in [-0.39, 0.29) is 5.91 Å². The highest BCUT2D eigenvalue weighted by Gasteiger charge is 2.18. The summed E-state index contributed by atoms with van der Waals surface area (Å²) in [4.78, 5) is 12.4. The average Bonchev–Trinajstić information content (AvgIpc) is 2.60. The molecule has 4 heteroatoms. The highest BCUT2D eigenvalue weighted by molar-refractivity contribution is 5.94. The minimum Gasteiger partial charge on any atom is -0.490 e. The first-order chi connectivity index (χ1) is 11.6. The molecule has 1 amide bonds. The van der Waals surface area contributed by atoms with E-state index in [2.05, 4.69) is 11.9 Å². The van der Waals surface area contributed by atoms with Crippen LogP contribution in [-0.4, -0.2) is 18.6 Å². The van der Waals surface area contributed by atoms with Crippen LogP contribution in [0.25, 0.3) is 0 Å².